The maximum atomic E-state index is 10.6. The molecule has 2 aromatic carbocycles. The Hall–Kier alpha value is -1.79. The van der Waals surface area contributed by atoms with Crippen molar-refractivity contribution in [2.24, 2.45) is 0 Å². The predicted molar refractivity (Wildman–Crippen MR) is 113 cm³/mol. The summed E-state index contributed by atoms with van der Waals surface area (Å²) in [4.78, 5) is 4.86. The lowest BCUT2D eigenvalue weighted by atomic mass is 9.99. The minimum Gasteiger partial charge on any atom is -0.491 e. The van der Waals surface area contributed by atoms with E-state index >= 15 is 0 Å². The summed E-state index contributed by atoms with van der Waals surface area (Å²) in [6.07, 6.45) is 1.28. The van der Waals surface area contributed by atoms with Crippen LogP contribution in [0.5, 0.6) is 5.75 Å². The summed E-state index contributed by atoms with van der Waals surface area (Å²) in [6, 6.07) is 15.2. The van der Waals surface area contributed by atoms with Crippen LogP contribution >= 0.6 is 24.0 Å². The van der Waals surface area contributed by atoms with Gasteiger partial charge in [0.25, 0.3) is 0 Å². The van der Waals surface area contributed by atoms with Crippen molar-refractivity contribution in [3.8, 4) is 5.75 Å². The summed E-state index contributed by atoms with van der Waals surface area (Å²) in [7, 11) is 0. The number of hydrogen-bond donors (Lipinski definition) is 1. The van der Waals surface area contributed by atoms with Crippen molar-refractivity contribution in [2.45, 2.75) is 31.4 Å². The van der Waals surface area contributed by atoms with Crippen LogP contribution < -0.4 is 4.74 Å². The van der Waals surface area contributed by atoms with Gasteiger partial charge in [0, 0.05) is 24.2 Å². The molecular formula is C21H24Cl2N2O3. The molecule has 0 aliphatic carbocycles. The highest BCUT2D eigenvalue weighted by atomic mass is 35.5. The van der Waals surface area contributed by atoms with Crippen LogP contribution in [0.4, 0.5) is 0 Å². The standard InChI is InChI=1S/C21H23ClN2O3.ClH/c22-16-5-7-18(8-6-16)27-14-17(25)13-24-20-4-2-1-3-19(20)23-21(24)15-9-11-26-12-10-15;/h1-8,15,17,25H,9-14H2;1H. The minimum atomic E-state index is -0.642. The Balaban J connectivity index is 0.00000225. The first-order chi connectivity index (χ1) is 13.2. The SMILES string of the molecule is Cl.OC(COc1ccc(Cl)cc1)Cn1c(C2CCOCC2)nc2ccccc21. The molecule has 150 valence electrons. The molecule has 0 saturated carbocycles. The van der Waals surface area contributed by atoms with Crippen LogP contribution in [0, 0.1) is 0 Å². The van der Waals surface area contributed by atoms with Crippen molar-refractivity contribution in [3.05, 3.63) is 59.4 Å². The molecule has 0 bridgehead atoms. The van der Waals surface area contributed by atoms with Gasteiger partial charge in [0.2, 0.25) is 0 Å². The smallest absolute Gasteiger partial charge is 0.119 e. The summed E-state index contributed by atoms with van der Waals surface area (Å²) in [5, 5.41) is 11.3. The molecule has 1 saturated heterocycles. The highest BCUT2D eigenvalue weighted by molar-refractivity contribution is 6.30. The van der Waals surface area contributed by atoms with Crippen LogP contribution in [-0.4, -0.2) is 40.6 Å². The molecule has 1 unspecified atom stereocenters. The van der Waals surface area contributed by atoms with E-state index in [1.807, 2.05) is 18.2 Å². The highest BCUT2D eigenvalue weighted by Gasteiger charge is 2.24. The van der Waals surface area contributed by atoms with E-state index in [0.717, 1.165) is 42.9 Å². The third-order valence-electron chi connectivity index (χ3n) is 4.92. The number of hydrogen-bond acceptors (Lipinski definition) is 4. The Labute approximate surface area is 175 Å². The van der Waals surface area contributed by atoms with Gasteiger partial charge in [0.15, 0.2) is 0 Å². The second-order valence-corrected chi connectivity index (χ2v) is 7.31. The molecule has 28 heavy (non-hydrogen) atoms. The minimum absolute atomic E-state index is 0. The fourth-order valence-corrected chi connectivity index (χ4v) is 3.67. The van der Waals surface area contributed by atoms with E-state index in [-0.39, 0.29) is 19.0 Å². The number of rotatable bonds is 6. The van der Waals surface area contributed by atoms with E-state index in [2.05, 4.69) is 10.6 Å². The lowest BCUT2D eigenvalue weighted by molar-refractivity contribution is 0.0780. The molecule has 1 aliphatic heterocycles. The predicted octanol–water partition coefficient (Wildman–Crippen LogP) is 4.45. The zero-order valence-electron chi connectivity index (χ0n) is 15.5. The van der Waals surface area contributed by atoms with Crippen LogP contribution in [0.25, 0.3) is 11.0 Å². The third kappa shape index (κ3) is 4.78. The number of ether oxygens (including phenoxy) is 2. The number of halogens is 2. The normalized spacial score (nSPS) is 15.9. The molecule has 0 radical (unpaired) electrons. The summed E-state index contributed by atoms with van der Waals surface area (Å²) < 4.78 is 13.3. The Kier molecular flexibility index (Phi) is 7.18. The van der Waals surface area contributed by atoms with Crippen LogP contribution in [-0.2, 0) is 11.3 Å². The van der Waals surface area contributed by atoms with Crippen LogP contribution in [0.3, 0.4) is 0 Å². The zero-order valence-corrected chi connectivity index (χ0v) is 17.0. The summed E-state index contributed by atoms with van der Waals surface area (Å²) in [6.45, 7) is 2.17. The third-order valence-corrected chi connectivity index (χ3v) is 5.17. The van der Waals surface area contributed by atoms with Crippen molar-refractivity contribution in [3.63, 3.8) is 0 Å². The summed E-state index contributed by atoms with van der Waals surface area (Å²) in [5.74, 6) is 2.08. The Morgan fingerprint density at radius 3 is 2.61 bits per heavy atom. The number of nitrogens with zero attached hydrogens (tertiary/aromatic N) is 2. The van der Waals surface area contributed by atoms with Gasteiger partial charge in [0.05, 0.1) is 17.6 Å². The van der Waals surface area contributed by atoms with E-state index in [0.29, 0.717) is 23.2 Å². The number of aromatic nitrogens is 2. The number of fused-ring (bicyclic) bond motifs is 1. The number of benzene rings is 2. The van der Waals surface area contributed by atoms with Gasteiger partial charge in [-0.1, -0.05) is 23.7 Å². The van der Waals surface area contributed by atoms with E-state index in [4.69, 9.17) is 26.1 Å². The van der Waals surface area contributed by atoms with Crippen molar-refractivity contribution in [1.82, 2.24) is 9.55 Å². The topological polar surface area (TPSA) is 56.5 Å². The molecule has 1 aliphatic rings. The molecule has 5 nitrogen and oxygen atoms in total. The number of aliphatic hydroxyl groups excluding tert-OH is 1. The van der Waals surface area contributed by atoms with Crippen LogP contribution in [0.1, 0.15) is 24.6 Å². The molecule has 4 rings (SSSR count). The quantitative estimate of drug-likeness (QED) is 0.637. The lowest BCUT2D eigenvalue weighted by Crippen LogP contribution is -2.26. The van der Waals surface area contributed by atoms with Gasteiger partial charge in [-0.15, -0.1) is 12.4 Å². The Morgan fingerprint density at radius 1 is 1.14 bits per heavy atom. The fraction of sp³-hybridized carbons (Fsp3) is 0.381. The first-order valence-electron chi connectivity index (χ1n) is 9.30. The van der Waals surface area contributed by atoms with E-state index in [1.54, 1.807) is 24.3 Å². The average molecular weight is 423 g/mol. The van der Waals surface area contributed by atoms with E-state index < -0.39 is 6.10 Å². The summed E-state index contributed by atoms with van der Waals surface area (Å²) >= 11 is 5.89. The zero-order chi connectivity index (χ0) is 18.6. The van der Waals surface area contributed by atoms with Gasteiger partial charge in [-0.2, -0.15) is 0 Å². The number of aliphatic hydroxyl groups is 1. The Bertz CT molecular complexity index is 892. The van der Waals surface area contributed by atoms with Crippen LogP contribution in [0.15, 0.2) is 48.5 Å². The second kappa shape index (κ2) is 9.61. The van der Waals surface area contributed by atoms with E-state index in [9.17, 15) is 5.11 Å². The monoisotopic (exact) mass is 422 g/mol. The van der Waals surface area contributed by atoms with Gasteiger partial charge >= 0.3 is 0 Å². The fourth-order valence-electron chi connectivity index (χ4n) is 3.54. The van der Waals surface area contributed by atoms with E-state index in [1.165, 1.54) is 0 Å². The molecule has 0 spiro atoms. The molecule has 2 heterocycles. The molecule has 0 amide bonds. The maximum Gasteiger partial charge on any atom is 0.119 e. The molecule has 7 heteroatoms. The van der Waals surface area contributed by atoms with Gasteiger partial charge < -0.3 is 19.1 Å². The first kappa shape index (κ1) is 20.9. The molecular weight excluding hydrogens is 399 g/mol. The van der Waals surface area contributed by atoms with Gasteiger partial charge in [0.1, 0.15) is 24.3 Å². The second-order valence-electron chi connectivity index (χ2n) is 6.87. The lowest BCUT2D eigenvalue weighted by Gasteiger charge is -2.23. The molecule has 1 fully saturated rings. The van der Waals surface area contributed by atoms with Crippen molar-refractivity contribution < 1.29 is 14.6 Å². The Morgan fingerprint density at radius 2 is 1.86 bits per heavy atom. The number of para-hydroxylation sites is 2. The molecule has 1 atom stereocenters. The van der Waals surface area contributed by atoms with Crippen molar-refractivity contribution in [1.29, 1.82) is 0 Å². The highest BCUT2D eigenvalue weighted by Crippen LogP contribution is 2.29. The molecule has 1 N–H and O–H groups in total. The molecule has 3 aromatic rings. The maximum absolute atomic E-state index is 10.6. The largest absolute Gasteiger partial charge is 0.491 e. The van der Waals surface area contributed by atoms with Gasteiger partial charge in [-0.25, -0.2) is 4.98 Å². The first-order valence-corrected chi connectivity index (χ1v) is 9.68. The number of imidazole rings is 1. The van der Waals surface area contributed by atoms with Gasteiger partial charge in [-0.05, 0) is 49.2 Å². The summed E-state index contributed by atoms with van der Waals surface area (Å²) in [5.41, 5.74) is 2.01. The van der Waals surface area contributed by atoms with Crippen molar-refractivity contribution >= 4 is 35.0 Å². The van der Waals surface area contributed by atoms with Crippen molar-refractivity contribution in [2.75, 3.05) is 19.8 Å². The van der Waals surface area contributed by atoms with Crippen LogP contribution in [0.2, 0.25) is 5.02 Å². The van der Waals surface area contributed by atoms with Gasteiger partial charge in [-0.3, -0.25) is 0 Å². The molecule has 1 aromatic heterocycles. The average Bonchev–Trinajstić information content (AvgIpc) is 3.07.